The van der Waals surface area contributed by atoms with Crippen molar-refractivity contribution in [3.8, 4) is 5.69 Å². The molecule has 0 atom stereocenters. The molecule has 1 heterocycles. The second-order valence-corrected chi connectivity index (χ2v) is 7.43. The molecule has 0 aliphatic heterocycles. The van der Waals surface area contributed by atoms with Crippen LogP contribution in [0.25, 0.3) is 15.3 Å². The van der Waals surface area contributed by atoms with Crippen LogP contribution in [-0.4, -0.2) is 35.3 Å². The molecule has 0 saturated carbocycles. The van der Waals surface area contributed by atoms with Crippen LogP contribution in [0.5, 0.6) is 0 Å². The van der Waals surface area contributed by atoms with E-state index in [4.69, 9.17) is 0 Å². The van der Waals surface area contributed by atoms with Gasteiger partial charge in [0.2, 0.25) is 0 Å². The zero-order chi connectivity index (χ0) is 15.7. The molecule has 3 aromatic rings. The molecule has 2 aromatic carbocycles. The van der Waals surface area contributed by atoms with Crippen molar-refractivity contribution in [2.24, 2.45) is 0 Å². The molecule has 0 aliphatic carbocycles. The number of hydrogen-bond acceptors (Lipinski definition) is 2. The summed E-state index contributed by atoms with van der Waals surface area (Å²) >= 11 is -0.0264. The first-order valence-electron chi connectivity index (χ1n) is 7.08. The number of fused-ring (bicyclic) bond motifs is 1. The quantitative estimate of drug-likeness (QED) is 0.237. The summed E-state index contributed by atoms with van der Waals surface area (Å²) in [5.41, 5.74) is 1.77. The van der Waals surface area contributed by atoms with E-state index < -0.39 is 0 Å². The van der Waals surface area contributed by atoms with Gasteiger partial charge in [-0.2, -0.15) is 0 Å². The van der Waals surface area contributed by atoms with Gasteiger partial charge in [0.05, 0.1) is 0 Å². The fourth-order valence-electron chi connectivity index (χ4n) is 2.13. The first-order valence-corrected chi connectivity index (χ1v) is 8.70. The van der Waals surface area contributed by atoms with Crippen molar-refractivity contribution in [3.05, 3.63) is 69.7 Å². The number of nitrogens with zero attached hydrogens (tertiary/aromatic N) is 2. The predicted molar refractivity (Wildman–Crippen MR) is 90.4 cm³/mol. The molecule has 22 heavy (non-hydrogen) atoms. The molecule has 0 unspecified atom stereocenters. The molecule has 0 radical (unpaired) electrons. The van der Waals surface area contributed by atoms with E-state index in [0.717, 1.165) is 25.6 Å². The van der Waals surface area contributed by atoms with Gasteiger partial charge in [-0.1, -0.05) is 0 Å². The van der Waals surface area contributed by atoms with Gasteiger partial charge in [-0.05, 0) is 0 Å². The molecule has 0 fully saturated rings. The van der Waals surface area contributed by atoms with Crippen molar-refractivity contribution in [1.82, 2.24) is 3.56 Å². The summed E-state index contributed by atoms with van der Waals surface area (Å²) in [7, 11) is 0. The van der Waals surface area contributed by atoms with Crippen molar-refractivity contribution in [1.29, 1.82) is 0 Å². The molecular weight excluding hydrogens is 343 g/mol. The van der Waals surface area contributed by atoms with Crippen molar-refractivity contribution >= 4 is 30.6 Å². The SMILES string of the molecule is CC(C)/[N+]([O-])=C/c1ccc(-n2[se]c3ccccc3c2=O)cc1. The summed E-state index contributed by atoms with van der Waals surface area (Å²) in [5, 5.41) is 12.4. The molecular formula is C17H16N2O2Se. The molecule has 0 bridgehead atoms. The van der Waals surface area contributed by atoms with E-state index >= 15 is 0 Å². The topological polar surface area (TPSA) is 48.1 Å². The fourth-order valence-corrected chi connectivity index (χ4v) is 4.23. The van der Waals surface area contributed by atoms with Gasteiger partial charge < -0.3 is 0 Å². The number of rotatable bonds is 3. The summed E-state index contributed by atoms with van der Waals surface area (Å²) in [6.07, 6.45) is 1.57. The maximum absolute atomic E-state index is 12.4. The van der Waals surface area contributed by atoms with Crippen LogP contribution < -0.4 is 5.56 Å². The second kappa shape index (κ2) is 5.95. The Morgan fingerprint density at radius 3 is 2.45 bits per heavy atom. The molecule has 5 heteroatoms. The maximum atomic E-state index is 12.4. The average Bonchev–Trinajstić information content (AvgIpc) is 2.85. The van der Waals surface area contributed by atoms with Crippen molar-refractivity contribution < 1.29 is 4.74 Å². The second-order valence-electron chi connectivity index (χ2n) is 5.36. The summed E-state index contributed by atoms with van der Waals surface area (Å²) in [6.45, 7) is 3.70. The van der Waals surface area contributed by atoms with Crippen LogP contribution in [0, 0.1) is 5.21 Å². The predicted octanol–water partition coefficient (Wildman–Crippen LogP) is 2.39. The zero-order valence-electron chi connectivity index (χ0n) is 12.4. The standard InChI is InChI=1S/C17H16N2O2Se/c1-12(2)18(21)11-13-7-9-14(10-8-13)19-17(20)15-5-3-4-6-16(15)22-19/h3-12H,1-2H3/b18-11-. The molecule has 4 nitrogen and oxygen atoms in total. The van der Waals surface area contributed by atoms with Crippen LogP contribution in [0.4, 0.5) is 0 Å². The summed E-state index contributed by atoms with van der Waals surface area (Å²) in [5.74, 6) is 0. The van der Waals surface area contributed by atoms with Crippen LogP contribution in [0.1, 0.15) is 19.4 Å². The Hall–Kier alpha value is -2.10. The summed E-state index contributed by atoms with van der Waals surface area (Å²) in [6, 6.07) is 15.2. The Labute approximate surface area is 134 Å². The van der Waals surface area contributed by atoms with Gasteiger partial charge in [-0.3, -0.25) is 0 Å². The average molecular weight is 359 g/mol. The molecule has 0 spiro atoms. The van der Waals surface area contributed by atoms with Gasteiger partial charge in [0.25, 0.3) is 0 Å². The minimum atomic E-state index is -0.0855. The minimum absolute atomic E-state index is 0.0264. The van der Waals surface area contributed by atoms with Crippen LogP contribution in [0.2, 0.25) is 0 Å². The van der Waals surface area contributed by atoms with Gasteiger partial charge in [0.15, 0.2) is 0 Å². The molecule has 0 saturated heterocycles. The molecule has 0 amide bonds. The number of benzene rings is 2. The van der Waals surface area contributed by atoms with E-state index in [1.54, 1.807) is 6.21 Å². The fraction of sp³-hybridized carbons (Fsp3) is 0.176. The van der Waals surface area contributed by atoms with E-state index in [1.165, 1.54) is 0 Å². The van der Waals surface area contributed by atoms with Gasteiger partial charge in [0.1, 0.15) is 0 Å². The monoisotopic (exact) mass is 360 g/mol. The van der Waals surface area contributed by atoms with Crippen LogP contribution in [-0.2, 0) is 0 Å². The molecule has 112 valence electrons. The van der Waals surface area contributed by atoms with Gasteiger partial charge >= 0.3 is 134 Å². The summed E-state index contributed by atoms with van der Waals surface area (Å²) in [4.78, 5) is 12.4. The normalized spacial score (nSPS) is 12.2. The van der Waals surface area contributed by atoms with E-state index in [0.29, 0.717) is 0 Å². The number of aromatic nitrogens is 1. The Morgan fingerprint density at radius 1 is 1.14 bits per heavy atom. The molecule has 0 N–H and O–H groups in total. The van der Waals surface area contributed by atoms with Crippen molar-refractivity contribution in [2.75, 3.05) is 0 Å². The summed E-state index contributed by atoms with van der Waals surface area (Å²) < 4.78 is 3.86. The van der Waals surface area contributed by atoms with Crippen LogP contribution in [0.15, 0.2) is 53.3 Å². The molecule has 1 aromatic heterocycles. The Balaban J connectivity index is 2.00. The Morgan fingerprint density at radius 2 is 1.82 bits per heavy atom. The first kappa shape index (κ1) is 14.8. The van der Waals surface area contributed by atoms with Crippen LogP contribution >= 0.6 is 0 Å². The van der Waals surface area contributed by atoms with Gasteiger partial charge in [0, 0.05) is 0 Å². The zero-order valence-corrected chi connectivity index (χ0v) is 14.1. The Kier molecular flexibility index (Phi) is 4.01. The first-order chi connectivity index (χ1) is 10.6. The third kappa shape index (κ3) is 2.78. The molecule has 0 aliphatic rings. The van der Waals surface area contributed by atoms with E-state index in [-0.39, 0.29) is 26.3 Å². The van der Waals surface area contributed by atoms with Crippen LogP contribution in [0.3, 0.4) is 0 Å². The number of hydroxylamine groups is 1. The Bertz CT molecular complexity index is 889. The van der Waals surface area contributed by atoms with Crippen molar-refractivity contribution in [2.45, 2.75) is 19.9 Å². The van der Waals surface area contributed by atoms with E-state index in [2.05, 4.69) is 0 Å². The third-order valence-corrected chi connectivity index (χ3v) is 5.74. The van der Waals surface area contributed by atoms with E-state index in [9.17, 15) is 10.0 Å². The van der Waals surface area contributed by atoms with Gasteiger partial charge in [-0.25, -0.2) is 0 Å². The molecule has 3 rings (SSSR count). The third-order valence-electron chi connectivity index (χ3n) is 3.40. The van der Waals surface area contributed by atoms with Gasteiger partial charge in [-0.15, -0.1) is 0 Å². The van der Waals surface area contributed by atoms with Crippen molar-refractivity contribution in [3.63, 3.8) is 0 Å². The number of hydrogen-bond donors (Lipinski definition) is 0. The van der Waals surface area contributed by atoms with E-state index in [1.807, 2.05) is 65.9 Å².